The molecule has 1 amide bonds. The van der Waals surface area contributed by atoms with Crippen LogP contribution in [-0.4, -0.2) is 38.1 Å². The standard InChI is InChI=1S/C16H22BrNO4/c1-15(2,3)22-14(19)18-8-16(9-20-10-16)11-21-13-6-4-12(17)5-7-13/h4-7H,8-11H2,1-3H3,(H,18,19). The van der Waals surface area contributed by atoms with Crippen LogP contribution < -0.4 is 10.1 Å². The number of alkyl carbamates (subject to hydrolysis) is 1. The zero-order valence-corrected chi connectivity index (χ0v) is 14.7. The van der Waals surface area contributed by atoms with Crippen LogP contribution in [0.3, 0.4) is 0 Å². The molecule has 1 fully saturated rings. The Labute approximate surface area is 139 Å². The second-order valence-electron chi connectivity index (χ2n) is 6.59. The van der Waals surface area contributed by atoms with E-state index in [-0.39, 0.29) is 5.41 Å². The van der Waals surface area contributed by atoms with Gasteiger partial charge in [0.2, 0.25) is 0 Å². The minimum absolute atomic E-state index is 0.190. The summed E-state index contributed by atoms with van der Waals surface area (Å²) in [5.74, 6) is 0.798. The predicted molar refractivity (Wildman–Crippen MR) is 87.1 cm³/mol. The summed E-state index contributed by atoms with van der Waals surface area (Å²) in [6, 6.07) is 7.66. The maximum atomic E-state index is 11.7. The Balaban J connectivity index is 1.82. The molecule has 0 bridgehead atoms. The first-order valence-electron chi connectivity index (χ1n) is 7.21. The Hall–Kier alpha value is -1.27. The molecule has 22 heavy (non-hydrogen) atoms. The molecule has 1 aliphatic heterocycles. The molecular weight excluding hydrogens is 350 g/mol. The molecular formula is C16H22BrNO4. The molecule has 122 valence electrons. The minimum atomic E-state index is -0.499. The van der Waals surface area contributed by atoms with Gasteiger partial charge in [0.1, 0.15) is 11.4 Å². The Morgan fingerprint density at radius 2 is 1.95 bits per heavy atom. The highest BCUT2D eigenvalue weighted by Crippen LogP contribution is 2.28. The van der Waals surface area contributed by atoms with Crippen molar-refractivity contribution in [2.75, 3.05) is 26.4 Å². The van der Waals surface area contributed by atoms with Gasteiger partial charge in [0.15, 0.2) is 0 Å². The molecule has 2 rings (SSSR count). The number of nitrogens with one attached hydrogen (secondary N) is 1. The van der Waals surface area contributed by atoms with Crippen molar-refractivity contribution >= 4 is 22.0 Å². The number of carbonyl (C=O) groups excluding carboxylic acids is 1. The zero-order valence-electron chi connectivity index (χ0n) is 13.1. The number of carbonyl (C=O) groups is 1. The van der Waals surface area contributed by atoms with Gasteiger partial charge in [-0.15, -0.1) is 0 Å². The van der Waals surface area contributed by atoms with Crippen molar-refractivity contribution in [1.29, 1.82) is 0 Å². The highest BCUT2D eigenvalue weighted by Gasteiger charge is 2.40. The highest BCUT2D eigenvalue weighted by atomic mass is 79.9. The Bertz CT molecular complexity index is 506. The van der Waals surface area contributed by atoms with E-state index in [0.717, 1.165) is 10.2 Å². The molecule has 1 aromatic carbocycles. The van der Waals surface area contributed by atoms with E-state index in [0.29, 0.717) is 26.4 Å². The molecule has 1 saturated heterocycles. The minimum Gasteiger partial charge on any atom is -0.493 e. The van der Waals surface area contributed by atoms with Crippen LogP contribution in [0.5, 0.6) is 5.75 Å². The molecule has 1 heterocycles. The first-order chi connectivity index (χ1) is 10.3. The Morgan fingerprint density at radius 3 is 2.45 bits per heavy atom. The van der Waals surface area contributed by atoms with Crippen molar-refractivity contribution < 1.29 is 19.0 Å². The number of benzene rings is 1. The molecule has 0 aromatic heterocycles. The van der Waals surface area contributed by atoms with Crippen LogP contribution in [0.25, 0.3) is 0 Å². The van der Waals surface area contributed by atoms with E-state index in [1.54, 1.807) is 0 Å². The van der Waals surface area contributed by atoms with Crippen molar-refractivity contribution in [3.8, 4) is 5.75 Å². The smallest absolute Gasteiger partial charge is 0.407 e. The molecule has 5 nitrogen and oxygen atoms in total. The molecule has 6 heteroatoms. The van der Waals surface area contributed by atoms with E-state index in [1.165, 1.54) is 0 Å². The third-order valence-corrected chi connectivity index (χ3v) is 3.71. The van der Waals surface area contributed by atoms with Crippen molar-refractivity contribution in [2.24, 2.45) is 5.41 Å². The van der Waals surface area contributed by atoms with Crippen LogP contribution in [0, 0.1) is 5.41 Å². The fraction of sp³-hybridized carbons (Fsp3) is 0.562. The normalized spacial score (nSPS) is 16.5. The molecule has 1 N–H and O–H groups in total. The average molecular weight is 372 g/mol. The Kier molecular flexibility index (Phi) is 5.34. The molecule has 0 unspecified atom stereocenters. The summed E-state index contributed by atoms with van der Waals surface area (Å²) in [6.07, 6.45) is -0.414. The number of ether oxygens (including phenoxy) is 3. The summed E-state index contributed by atoms with van der Waals surface area (Å²) in [7, 11) is 0. The van der Waals surface area contributed by atoms with Gasteiger partial charge in [0.25, 0.3) is 0 Å². The van der Waals surface area contributed by atoms with Gasteiger partial charge in [-0.1, -0.05) is 15.9 Å². The maximum absolute atomic E-state index is 11.7. The van der Waals surface area contributed by atoms with Gasteiger partial charge in [0.05, 0.1) is 25.2 Å². The van der Waals surface area contributed by atoms with Crippen LogP contribution in [0.2, 0.25) is 0 Å². The van der Waals surface area contributed by atoms with Gasteiger partial charge in [-0.2, -0.15) is 0 Å². The van der Waals surface area contributed by atoms with Gasteiger partial charge in [0, 0.05) is 11.0 Å². The highest BCUT2D eigenvalue weighted by molar-refractivity contribution is 9.10. The van der Waals surface area contributed by atoms with Gasteiger partial charge >= 0.3 is 6.09 Å². The van der Waals surface area contributed by atoms with Crippen LogP contribution in [-0.2, 0) is 9.47 Å². The van der Waals surface area contributed by atoms with Crippen molar-refractivity contribution in [1.82, 2.24) is 5.32 Å². The van der Waals surface area contributed by atoms with E-state index < -0.39 is 11.7 Å². The summed E-state index contributed by atoms with van der Waals surface area (Å²) < 4.78 is 17.4. The molecule has 0 atom stereocenters. The maximum Gasteiger partial charge on any atom is 0.407 e. The SMILES string of the molecule is CC(C)(C)OC(=O)NCC1(COc2ccc(Br)cc2)COC1. The second kappa shape index (κ2) is 6.87. The third-order valence-electron chi connectivity index (χ3n) is 3.18. The van der Waals surface area contributed by atoms with Crippen molar-refractivity contribution in [3.05, 3.63) is 28.7 Å². The number of hydrogen-bond donors (Lipinski definition) is 1. The van der Waals surface area contributed by atoms with E-state index in [2.05, 4.69) is 21.2 Å². The first-order valence-corrected chi connectivity index (χ1v) is 8.00. The fourth-order valence-corrected chi connectivity index (χ4v) is 2.23. The largest absolute Gasteiger partial charge is 0.493 e. The van der Waals surface area contributed by atoms with Gasteiger partial charge < -0.3 is 19.5 Å². The molecule has 0 saturated carbocycles. The lowest BCUT2D eigenvalue weighted by Crippen LogP contribution is -2.54. The summed E-state index contributed by atoms with van der Waals surface area (Å²) in [5, 5.41) is 2.80. The number of amides is 1. The van der Waals surface area contributed by atoms with Crippen molar-refractivity contribution in [2.45, 2.75) is 26.4 Å². The fourth-order valence-electron chi connectivity index (χ4n) is 1.97. The number of halogens is 1. The summed E-state index contributed by atoms with van der Waals surface area (Å²) in [6.45, 7) is 7.61. The van der Waals surface area contributed by atoms with Crippen LogP contribution in [0.4, 0.5) is 4.79 Å². The lowest BCUT2D eigenvalue weighted by atomic mass is 9.87. The molecule has 0 radical (unpaired) electrons. The molecule has 1 aliphatic rings. The van der Waals surface area contributed by atoms with E-state index >= 15 is 0 Å². The zero-order chi connectivity index (χ0) is 16.2. The topological polar surface area (TPSA) is 56.8 Å². The van der Waals surface area contributed by atoms with Crippen LogP contribution in [0.15, 0.2) is 28.7 Å². The lowest BCUT2D eigenvalue weighted by molar-refractivity contribution is -0.129. The van der Waals surface area contributed by atoms with Crippen molar-refractivity contribution in [3.63, 3.8) is 0 Å². The lowest BCUT2D eigenvalue weighted by Gasteiger charge is -2.41. The van der Waals surface area contributed by atoms with Gasteiger partial charge in [-0.05, 0) is 45.0 Å². The summed E-state index contributed by atoms with van der Waals surface area (Å²) >= 11 is 3.39. The molecule has 1 aromatic rings. The monoisotopic (exact) mass is 371 g/mol. The van der Waals surface area contributed by atoms with E-state index in [9.17, 15) is 4.79 Å². The summed E-state index contributed by atoms with van der Waals surface area (Å²) in [4.78, 5) is 11.7. The second-order valence-corrected chi connectivity index (χ2v) is 7.51. The third kappa shape index (κ3) is 5.18. The number of hydrogen-bond acceptors (Lipinski definition) is 4. The summed E-state index contributed by atoms with van der Waals surface area (Å²) in [5.41, 5.74) is -0.689. The number of rotatable bonds is 5. The quantitative estimate of drug-likeness (QED) is 0.861. The van der Waals surface area contributed by atoms with Gasteiger partial charge in [-0.3, -0.25) is 0 Å². The van der Waals surface area contributed by atoms with Gasteiger partial charge in [-0.25, -0.2) is 4.79 Å². The molecule has 0 aliphatic carbocycles. The molecule has 0 spiro atoms. The van der Waals surface area contributed by atoms with Crippen LogP contribution in [0.1, 0.15) is 20.8 Å². The van der Waals surface area contributed by atoms with E-state index in [4.69, 9.17) is 14.2 Å². The van der Waals surface area contributed by atoms with E-state index in [1.807, 2.05) is 45.0 Å². The predicted octanol–water partition coefficient (Wildman–Crippen LogP) is 3.37. The Morgan fingerprint density at radius 1 is 1.32 bits per heavy atom. The average Bonchev–Trinajstić information content (AvgIpc) is 2.37. The van der Waals surface area contributed by atoms with Crippen LogP contribution >= 0.6 is 15.9 Å². The first kappa shape index (κ1) is 17.1.